The van der Waals surface area contributed by atoms with E-state index in [1.54, 1.807) is 0 Å². The molecule has 0 saturated heterocycles. The second kappa shape index (κ2) is 5.57. The Morgan fingerprint density at radius 3 is 2.17 bits per heavy atom. The Kier molecular flexibility index (Phi) is 4.13. The van der Waals surface area contributed by atoms with Gasteiger partial charge in [-0.1, -0.05) is 0 Å². The van der Waals surface area contributed by atoms with Crippen LogP contribution in [0.25, 0.3) is 0 Å². The average molecular weight is 253 g/mol. The number of primary amides is 2. The first-order valence-corrected chi connectivity index (χ1v) is 4.77. The van der Waals surface area contributed by atoms with Crippen molar-refractivity contribution in [3.05, 3.63) is 18.1 Å². The molecule has 0 bridgehead atoms. The number of nitrogens with two attached hydrogens (primary N) is 2. The number of aromatic nitrogens is 2. The van der Waals surface area contributed by atoms with Gasteiger partial charge in [0.25, 0.3) is 0 Å². The fourth-order valence-electron chi connectivity index (χ4n) is 1.21. The molecule has 0 spiro atoms. The molecule has 5 N–H and O–H groups in total. The van der Waals surface area contributed by atoms with Gasteiger partial charge in [-0.2, -0.15) is 0 Å². The molecule has 9 heteroatoms. The summed E-state index contributed by atoms with van der Waals surface area (Å²) in [5.41, 5.74) is 9.70. The molecule has 1 aromatic rings. The number of aromatic carboxylic acids is 1. The number of carboxylic acid groups (broad SMARTS) is 1. The van der Waals surface area contributed by atoms with Gasteiger partial charge in [0.1, 0.15) is 5.82 Å². The Morgan fingerprint density at radius 2 is 1.72 bits per heavy atom. The van der Waals surface area contributed by atoms with Gasteiger partial charge in [-0.15, -0.1) is 0 Å². The lowest BCUT2D eigenvalue weighted by atomic mass is 10.4. The van der Waals surface area contributed by atoms with Crippen LogP contribution in [0.1, 0.15) is 10.5 Å². The summed E-state index contributed by atoms with van der Waals surface area (Å²) in [6, 6.07) is 0. The fraction of sp³-hybridized carbons (Fsp3) is 0.222. The highest BCUT2D eigenvalue weighted by atomic mass is 16.4. The lowest BCUT2D eigenvalue weighted by Crippen LogP contribution is -2.40. The molecule has 0 aromatic carbocycles. The zero-order valence-electron chi connectivity index (χ0n) is 9.24. The molecule has 0 aliphatic rings. The summed E-state index contributed by atoms with van der Waals surface area (Å²) in [5, 5.41) is 8.75. The smallest absolute Gasteiger partial charge is 0.356 e. The SMILES string of the molecule is NC(=O)CN(CC(N)=O)c1cncc(C(=O)O)n1. The molecule has 0 atom stereocenters. The lowest BCUT2D eigenvalue weighted by Gasteiger charge is -2.19. The minimum atomic E-state index is -1.28. The van der Waals surface area contributed by atoms with Gasteiger partial charge in [0, 0.05) is 0 Å². The fourth-order valence-corrected chi connectivity index (χ4v) is 1.21. The monoisotopic (exact) mass is 253 g/mol. The highest BCUT2D eigenvalue weighted by molar-refractivity contribution is 5.86. The van der Waals surface area contributed by atoms with E-state index in [0.29, 0.717) is 0 Å². The molecular formula is C9H11N5O4. The molecule has 0 radical (unpaired) electrons. The predicted molar refractivity (Wildman–Crippen MR) is 59.6 cm³/mol. The van der Waals surface area contributed by atoms with Crippen molar-refractivity contribution in [2.75, 3.05) is 18.0 Å². The molecule has 1 rings (SSSR count). The number of nitrogens with zero attached hydrogens (tertiary/aromatic N) is 3. The van der Waals surface area contributed by atoms with Crippen molar-refractivity contribution < 1.29 is 19.5 Å². The number of carboxylic acids is 1. The normalized spacial score (nSPS) is 9.78. The zero-order valence-corrected chi connectivity index (χ0v) is 9.24. The number of carbonyl (C=O) groups excluding carboxylic acids is 2. The van der Waals surface area contributed by atoms with Gasteiger partial charge in [0.15, 0.2) is 5.69 Å². The van der Waals surface area contributed by atoms with Crippen LogP contribution in [0, 0.1) is 0 Å². The Hall–Kier alpha value is -2.71. The van der Waals surface area contributed by atoms with E-state index in [9.17, 15) is 14.4 Å². The summed E-state index contributed by atoms with van der Waals surface area (Å²) in [7, 11) is 0. The quantitative estimate of drug-likeness (QED) is 0.527. The topological polar surface area (TPSA) is 152 Å². The van der Waals surface area contributed by atoms with Gasteiger partial charge in [0.2, 0.25) is 11.8 Å². The molecule has 9 nitrogen and oxygen atoms in total. The predicted octanol–water partition coefficient (Wildman–Crippen LogP) is -2.05. The summed E-state index contributed by atoms with van der Waals surface area (Å²) in [5.74, 6) is -2.66. The molecule has 0 unspecified atom stereocenters. The zero-order chi connectivity index (χ0) is 13.7. The Bertz CT molecular complexity index is 474. The number of carbonyl (C=O) groups is 3. The maximum absolute atomic E-state index is 10.8. The van der Waals surface area contributed by atoms with Crippen LogP contribution in [0.5, 0.6) is 0 Å². The minimum Gasteiger partial charge on any atom is -0.476 e. The van der Waals surface area contributed by atoms with Gasteiger partial charge >= 0.3 is 5.97 Å². The highest BCUT2D eigenvalue weighted by Crippen LogP contribution is 2.09. The largest absolute Gasteiger partial charge is 0.476 e. The van der Waals surface area contributed by atoms with Crippen LogP contribution < -0.4 is 16.4 Å². The van der Waals surface area contributed by atoms with Gasteiger partial charge in [0.05, 0.1) is 25.5 Å². The third-order valence-electron chi connectivity index (χ3n) is 1.86. The first-order valence-electron chi connectivity index (χ1n) is 4.77. The molecule has 1 aromatic heterocycles. The van der Waals surface area contributed by atoms with Crippen LogP contribution in [-0.4, -0.2) is 45.9 Å². The van der Waals surface area contributed by atoms with Crippen molar-refractivity contribution in [2.45, 2.75) is 0 Å². The van der Waals surface area contributed by atoms with Gasteiger partial charge < -0.3 is 21.5 Å². The van der Waals surface area contributed by atoms with Crippen LogP contribution in [0.2, 0.25) is 0 Å². The standard InChI is InChI=1S/C9H11N5O4/c10-6(15)3-14(4-7(11)16)8-2-12-1-5(13-8)9(17)18/h1-2H,3-4H2,(H2,10,15)(H2,11,16)(H,17,18). The van der Waals surface area contributed by atoms with Gasteiger partial charge in [-0.05, 0) is 0 Å². The average Bonchev–Trinajstić information content (AvgIpc) is 2.27. The highest BCUT2D eigenvalue weighted by Gasteiger charge is 2.15. The molecule has 0 aliphatic carbocycles. The molecule has 0 saturated carbocycles. The molecule has 18 heavy (non-hydrogen) atoms. The molecule has 0 fully saturated rings. The Balaban J connectivity index is 3.03. The summed E-state index contributed by atoms with van der Waals surface area (Å²) in [6.45, 7) is -0.638. The van der Waals surface area contributed by atoms with E-state index in [1.165, 1.54) is 6.20 Å². The maximum atomic E-state index is 10.8. The van der Waals surface area contributed by atoms with Gasteiger partial charge in [-0.3, -0.25) is 14.6 Å². The van der Waals surface area contributed by atoms with Crippen molar-refractivity contribution in [2.24, 2.45) is 11.5 Å². The van der Waals surface area contributed by atoms with E-state index in [-0.39, 0.29) is 24.6 Å². The van der Waals surface area contributed by atoms with Crippen molar-refractivity contribution in [3.63, 3.8) is 0 Å². The summed E-state index contributed by atoms with van der Waals surface area (Å²) < 4.78 is 0. The van der Waals surface area contributed by atoms with E-state index >= 15 is 0 Å². The number of hydrogen-bond acceptors (Lipinski definition) is 6. The number of amides is 2. The molecule has 1 heterocycles. The van der Waals surface area contributed by atoms with Gasteiger partial charge in [-0.25, -0.2) is 9.78 Å². The second-order valence-electron chi connectivity index (χ2n) is 3.36. The van der Waals surface area contributed by atoms with E-state index in [4.69, 9.17) is 16.6 Å². The Labute approximate surface area is 101 Å². The van der Waals surface area contributed by atoms with Crippen LogP contribution in [0.4, 0.5) is 5.82 Å². The number of hydrogen-bond donors (Lipinski definition) is 3. The molecule has 96 valence electrons. The van der Waals surface area contributed by atoms with Crippen molar-refractivity contribution >= 4 is 23.6 Å². The molecule has 2 amide bonds. The van der Waals surface area contributed by atoms with E-state index in [1.807, 2.05) is 0 Å². The minimum absolute atomic E-state index is 0.0347. The first-order chi connectivity index (χ1) is 8.40. The van der Waals surface area contributed by atoms with Crippen molar-refractivity contribution in [1.29, 1.82) is 0 Å². The van der Waals surface area contributed by atoms with Crippen LogP contribution in [-0.2, 0) is 9.59 Å². The van der Waals surface area contributed by atoms with Crippen molar-refractivity contribution in [1.82, 2.24) is 9.97 Å². The molecule has 0 aliphatic heterocycles. The van der Waals surface area contributed by atoms with E-state index < -0.39 is 17.8 Å². The second-order valence-corrected chi connectivity index (χ2v) is 3.36. The van der Waals surface area contributed by atoms with Crippen LogP contribution in [0.15, 0.2) is 12.4 Å². The van der Waals surface area contributed by atoms with E-state index in [0.717, 1.165) is 11.1 Å². The third-order valence-corrected chi connectivity index (χ3v) is 1.86. The summed E-state index contributed by atoms with van der Waals surface area (Å²) in [4.78, 5) is 40.9. The summed E-state index contributed by atoms with van der Waals surface area (Å²) >= 11 is 0. The first kappa shape index (κ1) is 13.4. The number of anilines is 1. The lowest BCUT2D eigenvalue weighted by molar-refractivity contribution is -0.117. The number of rotatable bonds is 6. The van der Waals surface area contributed by atoms with E-state index in [2.05, 4.69) is 9.97 Å². The van der Waals surface area contributed by atoms with Crippen molar-refractivity contribution in [3.8, 4) is 0 Å². The molecular weight excluding hydrogens is 242 g/mol. The van der Waals surface area contributed by atoms with Crippen LogP contribution >= 0.6 is 0 Å². The Morgan fingerprint density at radius 1 is 1.17 bits per heavy atom. The maximum Gasteiger partial charge on any atom is 0.356 e. The summed E-state index contributed by atoms with van der Waals surface area (Å²) in [6.07, 6.45) is 2.25. The third kappa shape index (κ3) is 3.70. The van der Waals surface area contributed by atoms with Crippen LogP contribution in [0.3, 0.4) is 0 Å².